The first-order valence-corrected chi connectivity index (χ1v) is 26.8. The number of carbonyl (C=O) groups excluding carboxylic acids is 2. The third kappa shape index (κ3) is 15.9. The molecule has 0 fully saturated rings. The van der Waals surface area contributed by atoms with Gasteiger partial charge in [0.25, 0.3) is 0 Å². The summed E-state index contributed by atoms with van der Waals surface area (Å²) in [5.41, 5.74) is 8.47. The Balaban J connectivity index is 0.912. The van der Waals surface area contributed by atoms with E-state index in [0.717, 1.165) is 104 Å². The van der Waals surface area contributed by atoms with Crippen LogP contribution in [0.4, 0.5) is 22.7 Å². The fourth-order valence-electron chi connectivity index (χ4n) is 8.69. The van der Waals surface area contributed by atoms with Gasteiger partial charge in [-0.05, 0) is 66.2 Å². The van der Waals surface area contributed by atoms with Gasteiger partial charge in [-0.25, -0.2) is 0 Å². The van der Waals surface area contributed by atoms with Crippen LogP contribution in [0, 0.1) is 0 Å². The number of anilines is 4. The number of fused-ring (bicyclic) bond motifs is 2. The highest BCUT2D eigenvalue weighted by atomic mass is 33.1. The van der Waals surface area contributed by atoms with Crippen LogP contribution in [0.1, 0.15) is 62.0 Å². The summed E-state index contributed by atoms with van der Waals surface area (Å²) in [6.07, 6.45) is 17.3. The summed E-state index contributed by atoms with van der Waals surface area (Å²) in [6, 6.07) is 34.0. The van der Waals surface area contributed by atoms with Gasteiger partial charge in [0.1, 0.15) is 13.1 Å². The minimum absolute atomic E-state index is 0.0701. The van der Waals surface area contributed by atoms with Crippen molar-refractivity contribution in [2.75, 3.05) is 107 Å². The molecule has 10 nitrogen and oxygen atoms in total. The number of nitrogens with zero attached hydrogens (tertiary/aromatic N) is 6. The topological polar surface area (TPSA) is 75.7 Å². The van der Waals surface area contributed by atoms with Crippen molar-refractivity contribution >= 4 is 102 Å². The minimum Gasteiger partial charge on any atom is -0.377 e. The highest BCUT2D eigenvalue weighted by Crippen LogP contribution is 2.31. The number of hydrogen-bond acceptors (Lipinski definition) is 7. The molecule has 6 rings (SSSR count). The molecule has 2 amide bonds. The highest BCUT2D eigenvalue weighted by Gasteiger charge is 2.17. The van der Waals surface area contributed by atoms with Gasteiger partial charge in [-0.1, -0.05) is 82.3 Å². The van der Waals surface area contributed by atoms with Gasteiger partial charge in [-0.3, -0.25) is 9.59 Å². The summed E-state index contributed by atoms with van der Waals surface area (Å²) in [4.78, 5) is 30.6. The molecule has 2 heterocycles. The third-order valence-corrected chi connectivity index (χ3v) is 14.9. The lowest BCUT2D eigenvalue weighted by Gasteiger charge is -2.29. The van der Waals surface area contributed by atoms with Crippen molar-refractivity contribution in [3.05, 3.63) is 132 Å². The van der Waals surface area contributed by atoms with Crippen LogP contribution < -0.4 is 29.6 Å². The molecule has 0 aliphatic heterocycles. The number of quaternary nitrogens is 1. The number of unbranched alkanes of at least 4 members (excludes halogenated alkanes) is 2. The quantitative estimate of drug-likeness (QED) is 0.0256. The largest absolute Gasteiger partial charge is 0.377 e. The second kappa shape index (κ2) is 25.8. The highest BCUT2D eigenvalue weighted by molar-refractivity contribution is 8.76. The third-order valence-electron chi connectivity index (χ3n) is 12.5. The second-order valence-electron chi connectivity index (χ2n) is 19.1. The average Bonchev–Trinajstić information content (AvgIpc) is 3.31. The van der Waals surface area contributed by atoms with E-state index in [2.05, 4.69) is 205 Å². The van der Waals surface area contributed by atoms with Gasteiger partial charge in [-0.2, -0.15) is 9.13 Å². The maximum Gasteiger partial charge on any atom is 0.221 e. The zero-order valence-electron chi connectivity index (χ0n) is 42.5. The van der Waals surface area contributed by atoms with Crippen LogP contribution in [0.2, 0.25) is 0 Å². The molecule has 0 saturated carbocycles. The molecule has 0 bridgehead atoms. The zero-order valence-corrected chi connectivity index (χ0v) is 44.1. The standard InChI is InChI=1S/C57H73N8O2S2/c1-44(66)58-48-30-35-63(50(42-48)26-22-46-24-28-56(60(3)4)54-20-12-10-18-52(46)54)33-15-14-32-62(7)37-40-68-69-41-39-65(8,9)38-17-16-34-64-36-31-49(59-45(2)67)43-51(64)27-23-47-25-29-57(61(5)6)55-21-13-11-19-53(47)55/h10-13,18-31,35-36,42-43H,14-17,32-34,37-41H2,1-9H3/q+1/p+2/b26-22+,27-23+. The normalized spacial score (nSPS) is 11.9. The monoisotopic (exact) mass is 968 g/mol. The molecule has 0 saturated heterocycles. The number of hydrogen-bond donors (Lipinski definition) is 2. The summed E-state index contributed by atoms with van der Waals surface area (Å²) >= 11 is 0. The van der Waals surface area contributed by atoms with Crippen LogP contribution in [0.15, 0.2) is 109 Å². The first-order valence-electron chi connectivity index (χ1n) is 24.3. The van der Waals surface area contributed by atoms with Crippen LogP contribution >= 0.6 is 21.6 Å². The molecule has 0 spiro atoms. The van der Waals surface area contributed by atoms with Gasteiger partial charge in [0.2, 0.25) is 23.2 Å². The maximum atomic E-state index is 11.9. The summed E-state index contributed by atoms with van der Waals surface area (Å²) in [6.45, 7) is 9.32. The Morgan fingerprint density at radius 3 is 1.49 bits per heavy atom. The summed E-state index contributed by atoms with van der Waals surface area (Å²) in [5, 5.41) is 10.8. The number of rotatable bonds is 25. The molecule has 0 atom stereocenters. The van der Waals surface area contributed by atoms with Crippen LogP contribution in [0.25, 0.3) is 45.8 Å². The number of aromatic nitrogens is 2. The molecule has 0 aliphatic carbocycles. The Labute approximate surface area is 420 Å². The molecule has 2 N–H and O–H groups in total. The number of carbonyl (C=O) groups is 2. The lowest BCUT2D eigenvalue weighted by atomic mass is 10.0. The molecule has 2 aromatic heterocycles. The Morgan fingerprint density at radius 1 is 0.551 bits per heavy atom. The van der Waals surface area contributed by atoms with Crippen molar-refractivity contribution in [3.8, 4) is 0 Å². The molecular weight excluding hydrogens is 893 g/mol. The van der Waals surface area contributed by atoms with Crippen molar-refractivity contribution in [1.82, 2.24) is 4.90 Å². The van der Waals surface area contributed by atoms with E-state index in [9.17, 15) is 9.59 Å². The Bertz CT molecular complexity index is 2730. The first-order chi connectivity index (χ1) is 33.2. The van der Waals surface area contributed by atoms with Gasteiger partial charge in [0.15, 0.2) is 12.4 Å². The average molecular weight is 968 g/mol. The van der Waals surface area contributed by atoms with Crippen LogP contribution in [-0.2, 0) is 22.7 Å². The Morgan fingerprint density at radius 2 is 1.01 bits per heavy atom. The van der Waals surface area contributed by atoms with E-state index >= 15 is 0 Å². The van der Waals surface area contributed by atoms with Gasteiger partial charge in [0.05, 0.1) is 44.3 Å². The molecule has 0 radical (unpaired) electrons. The predicted molar refractivity (Wildman–Crippen MR) is 299 cm³/mol. The minimum atomic E-state index is -0.0713. The maximum absolute atomic E-state index is 11.9. The molecule has 0 unspecified atom stereocenters. The van der Waals surface area contributed by atoms with Gasteiger partial charge < -0.3 is 29.8 Å². The number of benzene rings is 4. The molecule has 12 heteroatoms. The fraction of sp³-hybridized carbons (Fsp3) is 0.368. The molecular formula is C57H75N8O2S2+3. The molecule has 364 valence electrons. The van der Waals surface area contributed by atoms with Crippen molar-refractivity contribution in [3.63, 3.8) is 0 Å². The number of amides is 2. The van der Waals surface area contributed by atoms with E-state index in [-0.39, 0.29) is 11.8 Å². The van der Waals surface area contributed by atoms with E-state index in [4.69, 9.17) is 0 Å². The number of pyridine rings is 2. The summed E-state index contributed by atoms with van der Waals surface area (Å²) in [5.74, 6) is 2.10. The lowest BCUT2D eigenvalue weighted by molar-refractivity contribution is -0.888. The first kappa shape index (κ1) is 52.7. The molecule has 69 heavy (non-hydrogen) atoms. The lowest BCUT2D eigenvalue weighted by Crippen LogP contribution is -2.43. The van der Waals surface area contributed by atoms with Gasteiger partial charge >= 0.3 is 0 Å². The molecule has 0 aliphatic rings. The van der Waals surface area contributed by atoms with Crippen LogP contribution in [-0.4, -0.2) is 108 Å². The number of aryl methyl sites for hydroxylation is 2. The van der Waals surface area contributed by atoms with Gasteiger partial charge in [-0.15, -0.1) is 0 Å². The van der Waals surface area contributed by atoms with Crippen molar-refractivity contribution in [1.29, 1.82) is 0 Å². The van der Waals surface area contributed by atoms with E-state index < -0.39 is 0 Å². The summed E-state index contributed by atoms with van der Waals surface area (Å²) < 4.78 is 5.61. The fourth-order valence-corrected chi connectivity index (χ4v) is 11.0. The number of nitrogens with one attached hydrogen (secondary N) is 2. The smallest absolute Gasteiger partial charge is 0.221 e. The van der Waals surface area contributed by atoms with E-state index in [0.29, 0.717) is 0 Å². The Hall–Kier alpha value is -5.66. The second-order valence-corrected chi connectivity index (χ2v) is 21.8. The predicted octanol–water partition coefficient (Wildman–Crippen LogP) is 10.6. The van der Waals surface area contributed by atoms with Crippen LogP contribution in [0.5, 0.6) is 0 Å². The zero-order chi connectivity index (χ0) is 49.3. The summed E-state index contributed by atoms with van der Waals surface area (Å²) in [7, 11) is 19.3. The van der Waals surface area contributed by atoms with E-state index in [1.54, 1.807) is 13.8 Å². The van der Waals surface area contributed by atoms with Crippen molar-refractivity contribution < 1.29 is 23.2 Å². The molecule has 6 aromatic rings. The SMILES string of the molecule is CC(=O)Nc1cc[n+](CCCCN(C)CCSSCC[N+](C)(C)CCCC[n+]2ccc(NC(C)=O)cc2/C=C/c2ccc(N(C)C)c3ccccc23)c(/C=C/c2ccc(N(C)C)c3ccccc23)c1. The van der Waals surface area contributed by atoms with E-state index in [1.807, 2.05) is 33.7 Å². The molecule has 4 aromatic carbocycles. The van der Waals surface area contributed by atoms with E-state index in [1.165, 1.54) is 44.0 Å². The van der Waals surface area contributed by atoms with Crippen LogP contribution in [0.3, 0.4) is 0 Å². The Kier molecular flexibility index (Phi) is 19.7. The van der Waals surface area contributed by atoms with Gasteiger partial charge in [0, 0.05) is 132 Å². The van der Waals surface area contributed by atoms with Crippen molar-refractivity contribution in [2.45, 2.75) is 52.6 Å². The van der Waals surface area contributed by atoms with Crippen molar-refractivity contribution in [2.24, 2.45) is 0 Å².